The molecule has 1 unspecified atom stereocenters. The third-order valence-corrected chi connectivity index (χ3v) is 6.04. The van der Waals surface area contributed by atoms with E-state index in [9.17, 15) is 21.6 Å². The molecular weight excluding hydrogens is 397 g/mol. The van der Waals surface area contributed by atoms with Crippen molar-refractivity contribution < 1.29 is 26.3 Å². The molecule has 0 amide bonds. The number of nitriles is 1. The highest BCUT2D eigenvalue weighted by Crippen LogP contribution is 2.28. The Balaban J connectivity index is 1.74. The molecule has 2 heterocycles. The fourth-order valence-electron chi connectivity index (χ4n) is 2.77. The average Bonchev–Trinajstić information content (AvgIpc) is 2.68. The lowest BCUT2D eigenvalue weighted by atomic mass is 10.1. The van der Waals surface area contributed by atoms with E-state index in [1.165, 1.54) is 28.6 Å². The van der Waals surface area contributed by atoms with Crippen LogP contribution < -0.4 is 4.74 Å². The number of aromatic nitrogens is 2. The fourth-order valence-corrected chi connectivity index (χ4v) is 4.28. The highest BCUT2D eigenvalue weighted by Gasteiger charge is 2.34. The van der Waals surface area contributed by atoms with E-state index in [1.54, 1.807) is 0 Å². The molecule has 0 bridgehead atoms. The molecule has 0 radical (unpaired) electrons. The Morgan fingerprint density at radius 2 is 1.93 bits per heavy atom. The van der Waals surface area contributed by atoms with Crippen LogP contribution in [0.25, 0.3) is 0 Å². The van der Waals surface area contributed by atoms with Gasteiger partial charge in [0.1, 0.15) is 6.10 Å². The normalized spacial score (nSPS) is 18.4. The summed E-state index contributed by atoms with van der Waals surface area (Å²) in [7, 11) is -3.82. The smallest absolute Gasteiger partial charge is 0.433 e. The summed E-state index contributed by atoms with van der Waals surface area (Å²) in [5, 5.41) is 8.82. The van der Waals surface area contributed by atoms with Gasteiger partial charge in [-0.15, -0.1) is 0 Å². The molecule has 2 aromatic rings. The second-order valence-electron chi connectivity index (χ2n) is 6.10. The van der Waals surface area contributed by atoms with Crippen molar-refractivity contribution >= 4 is 10.0 Å². The van der Waals surface area contributed by atoms with Gasteiger partial charge in [0.05, 0.1) is 23.1 Å². The Morgan fingerprint density at radius 3 is 2.57 bits per heavy atom. The third-order valence-electron chi connectivity index (χ3n) is 4.16. The Bertz CT molecular complexity index is 988. The molecule has 148 valence electrons. The maximum atomic E-state index is 12.8. The predicted octanol–water partition coefficient (Wildman–Crippen LogP) is 2.60. The maximum Gasteiger partial charge on any atom is 0.433 e. The summed E-state index contributed by atoms with van der Waals surface area (Å²) in [5.74, 6) is 0. The molecule has 0 spiro atoms. The van der Waals surface area contributed by atoms with Gasteiger partial charge < -0.3 is 4.74 Å². The number of rotatable bonds is 4. The zero-order valence-electron chi connectivity index (χ0n) is 14.4. The fraction of sp³-hybridized carbons (Fsp3) is 0.353. The van der Waals surface area contributed by atoms with Gasteiger partial charge in [0.25, 0.3) is 0 Å². The van der Waals surface area contributed by atoms with Crippen molar-refractivity contribution in [3.8, 4) is 12.1 Å². The van der Waals surface area contributed by atoms with Crippen molar-refractivity contribution in [3.63, 3.8) is 0 Å². The Kier molecular flexibility index (Phi) is 5.53. The highest BCUT2D eigenvalue weighted by molar-refractivity contribution is 7.89. The topological polar surface area (TPSA) is 96.2 Å². The van der Waals surface area contributed by atoms with E-state index in [0.717, 1.165) is 12.3 Å². The maximum absolute atomic E-state index is 12.8. The van der Waals surface area contributed by atoms with Gasteiger partial charge in [0.15, 0.2) is 5.69 Å². The molecule has 0 saturated carbocycles. The minimum Gasteiger partial charge on any atom is -0.459 e. The van der Waals surface area contributed by atoms with Crippen molar-refractivity contribution in [2.75, 3.05) is 13.1 Å². The van der Waals surface area contributed by atoms with Crippen LogP contribution >= 0.6 is 0 Å². The van der Waals surface area contributed by atoms with E-state index in [-0.39, 0.29) is 18.0 Å². The van der Waals surface area contributed by atoms with Gasteiger partial charge in [-0.3, -0.25) is 0 Å². The molecule has 0 N–H and O–H groups in total. The van der Waals surface area contributed by atoms with Crippen molar-refractivity contribution in [2.24, 2.45) is 0 Å². The number of ether oxygens (including phenoxy) is 1. The Labute approximate surface area is 159 Å². The van der Waals surface area contributed by atoms with Crippen LogP contribution in [0, 0.1) is 11.3 Å². The molecule has 11 heteroatoms. The molecule has 1 fully saturated rings. The van der Waals surface area contributed by atoms with Crippen LogP contribution in [-0.2, 0) is 16.2 Å². The lowest BCUT2D eigenvalue weighted by Crippen LogP contribution is -2.44. The van der Waals surface area contributed by atoms with Crippen molar-refractivity contribution in [3.05, 3.63) is 47.8 Å². The summed E-state index contributed by atoms with van der Waals surface area (Å²) in [5.41, 5.74) is -0.795. The first-order valence-corrected chi connectivity index (χ1v) is 9.71. The number of halogens is 3. The number of benzene rings is 1. The van der Waals surface area contributed by atoms with Gasteiger partial charge in [-0.25, -0.2) is 13.4 Å². The zero-order valence-corrected chi connectivity index (χ0v) is 15.2. The standard InChI is InChI=1S/C17H15F3N4O3S/c18-17(19,20)15-7-8-22-16(23-15)27-13-2-1-9-24(11-13)28(25,26)14-5-3-12(10-21)4-6-14/h3-8,13H,1-2,9,11H2. The van der Waals surface area contributed by atoms with Gasteiger partial charge >= 0.3 is 12.2 Å². The third kappa shape index (κ3) is 4.40. The van der Waals surface area contributed by atoms with Crippen LogP contribution in [0.4, 0.5) is 13.2 Å². The summed E-state index contributed by atoms with van der Waals surface area (Å²) in [6, 6.07) is 7.69. The summed E-state index contributed by atoms with van der Waals surface area (Å²) < 4.78 is 70.4. The van der Waals surface area contributed by atoms with Gasteiger partial charge in [0, 0.05) is 12.7 Å². The number of nitrogens with zero attached hydrogens (tertiary/aromatic N) is 4. The first-order valence-electron chi connectivity index (χ1n) is 8.27. The first kappa shape index (κ1) is 20.0. The lowest BCUT2D eigenvalue weighted by molar-refractivity contribution is -0.141. The highest BCUT2D eigenvalue weighted by atomic mass is 32.2. The quantitative estimate of drug-likeness (QED) is 0.766. The van der Waals surface area contributed by atoms with Gasteiger partial charge in [0.2, 0.25) is 10.0 Å². The van der Waals surface area contributed by atoms with Crippen LogP contribution in [-0.4, -0.2) is 41.9 Å². The number of alkyl halides is 3. The molecule has 1 aromatic heterocycles. The zero-order chi connectivity index (χ0) is 20.4. The average molecular weight is 412 g/mol. The molecule has 1 aliphatic heterocycles. The first-order chi connectivity index (χ1) is 13.2. The van der Waals surface area contributed by atoms with Crippen LogP contribution in [0.5, 0.6) is 6.01 Å². The minimum atomic E-state index is -4.63. The largest absolute Gasteiger partial charge is 0.459 e. The molecule has 1 atom stereocenters. The van der Waals surface area contributed by atoms with E-state index in [2.05, 4.69) is 9.97 Å². The van der Waals surface area contributed by atoms with Crippen molar-refractivity contribution in [1.29, 1.82) is 5.26 Å². The summed E-state index contributed by atoms with van der Waals surface area (Å²) in [6.45, 7) is 0.216. The lowest BCUT2D eigenvalue weighted by Gasteiger charge is -2.31. The van der Waals surface area contributed by atoms with Crippen molar-refractivity contribution in [2.45, 2.75) is 30.0 Å². The number of piperidine rings is 1. The second kappa shape index (κ2) is 7.73. The van der Waals surface area contributed by atoms with Crippen molar-refractivity contribution in [1.82, 2.24) is 14.3 Å². The summed E-state index contributed by atoms with van der Waals surface area (Å²) >= 11 is 0. The van der Waals surface area contributed by atoms with Crippen LogP contribution in [0.3, 0.4) is 0 Å². The molecule has 3 rings (SSSR count). The minimum absolute atomic E-state index is 0.0301. The molecule has 1 aliphatic rings. The summed E-state index contributed by atoms with van der Waals surface area (Å²) in [6.07, 6.45) is -3.43. The van der Waals surface area contributed by atoms with Gasteiger partial charge in [-0.05, 0) is 43.2 Å². The predicted molar refractivity (Wildman–Crippen MR) is 90.6 cm³/mol. The number of hydrogen-bond acceptors (Lipinski definition) is 6. The number of hydrogen-bond donors (Lipinski definition) is 0. The van der Waals surface area contributed by atoms with E-state index in [1.807, 2.05) is 6.07 Å². The molecular formula is C17H15F3N4O3S. The van der Waals surface area contributed by atoms with Gasteiger partial charge in [-0.2, -0.15) is 27.7 Å². The van der Waals surface area contributed by atoms with Crippen LogP contribution in [0.15, 0.2) is 41.4 Å². The van der Waals surface area contributed by atoms with Crippen LogP contribution in [0.1, 0.15) is 24.1 Å². The Morgan fingerprint density at radius 1 is 1.21 bits per heavy atom. The van der Waals surface area contributed by atoms with E-state index < -0.39 is 34.0 Å². The van der Waals surface area contributed by atoms with E-state index in [4.69, 9.17) is 10.00 Å². The Hall–Kier alpha value is -2.71. The summed E-state index contributed by atoms with van der Waals surface area (Å²) in [4.78, 5) is 7.06. The second-order valence-corrected chi connectivity index (χ2v) is 8.04. The van der Waals surface area contributed by atoms with E-state index in [0.29, 0.717) is 18.4 Å². The molecule has 0 aliphatic carbocycles. The van der Waals surface area contributed by atoms with E-state index >= 15 is 0 Å². The van der Waals surface area contributed by atoms with Crippen LogP contribution in [0.2, 0.25) is 0 Å². The van der Waals surface area contributed by atoms with Gasteiger partial charge in [-0.1, -0.05) is 0 Å². The molecule has 1 saturated heterocycles. The number of sulfonamides is 1. The molecule has 28 heavy (non-hydrogen) atoms. The monoisotopic (exact) mass is 412 g/mol. The molecule has 7 nitrogen and oxygen atoms in total. The molecule has 1 aromatic carbocycles. The SMILES string of the molecule is N#Cc1ccc(S(=O)(=O)N2CCCC(Oc3nccc(C(F)(F)F)n3)C2)cc1.